The number of benzene rings is 1. The zero-order valence-corrected chi connectivity index (χ0v) is 17.2. The number of nitrogens with one attached hydrogen (secondary N) is 5. The Morgan fingerprint density at radius 2 is 2.03 bits per heavy atom. The second kappa shape index (κ2) is 9.85. The molecule has 0 aliphatic carbocycles. The van der Waals surface area contributed by atoms with E-state index in [9.17, 15) is 9.59 Å². The van der Waals surface area contributed by atoms with Gasteiger partial charge in [-0.05, 0) is 35.3 Å². The largest absolute Gasteiger partial charge is 0.361 e. The fraction of sp³-hybridized carbons (Fsp3) is 0.150. The Morgan fingerprint density at radius 3 is 2.79 bits per heavy atom. The number of H-pyrrole nitrogens is 1. The zero-order chi connectivity index (χ0) is 20.6. The van der Waals surface area contributed by atoms with E-state index < -0.39 is 11.9 Å². The predicted molar refractivity (Wildman–Crippen MR) is 120 cm³/mol. The molecule has 0 bridgehead atoms. The molecule has 5 N–H and O–H groups in total. The van der Waals surface area contributed by atoms with Crippen LogP contribution in [0.1, 0.15) is 15.2 Å². The van der Waals surface area contributed by atoms with Gasteiger partial charge < -0.3 is 15.6 Å². The van der Waals surface area contributed by atoms with E-state index in [2.05, 4.69) is 33.0 Å². The van der Waals surface area contributed by atoms with Crippen LogP contribution >= 0.6 is 23.6 Å². The van der Waals surface area contributed by atoms with Crippen molar-refractivity contribution in [3.8, 4) is 0 Å². The van der Waals surface area contributed by atoms with Gasteiger partial charge in [-0.1, -0.05) is 30.3 Å². The van der Waals surface area contributed by atoms with Crippen LogP contribution in [0.15, 0.2) is 60.6 Å². The number of carbonyl (C=O) groups excluding carboxylic acids is 2. The first kappa shape index (κ1) is 20.6. The third-order valence-corrected chi connectivity index (χ3v) is 5.29. The molecule has 29 heavy (non-hydrogen) atoms. The standard InChI is InChI=1S/C20H21N5O2S2/c1-2-9-21-20(28)25-24-18(26)16(23-19(27)17-8-5-10-29-17)11-13-12-22-15-7-4-3-6-14(13)15/h2-8,10,12,16,22H,1,9,11H2,(H,23,27)(H,24,26)(H2,21,25,28). The summed E-state index contributed by atoms with van der Waals surface area (Å²) in [6.45, 7) is 4.06. The lowest BCUT2D eigenvalue weighted by atomic mass is 10.0. The number of thiocarbonyl (C=S) groups is 1. The fourth-order valence-electron chi connectivity index (χ4n) is 2.78. The SMILES string of the molecule is C=CCNC(=S)NNC(=O)C(Cc1c[nH]c2ccccc12)NC(=O)c1cccs1. The van der Waals surface area contributed by atoms with Crippen LogP contribution in [0.4, 0.5) is 0 Å². The highest BCUT2D eigenvalue weighted by Crippen LogP contribution is 2.19. The molecule has 2 amide bonds. The lowest BCUT2D eigenvalue weighted by molar-refractivity contribution is -0.123. The number of carbonyl (C=O) groups is 2. The van der Waals surface area contributed by atoms with Crippen molar-refractivity contribution in [2.75, 3.05) is 6.54 Å². The van der Waals surface area contributed by atoms with Gasteiger partial charge in [0.2, 0.25) is 0 Å². The minimum Gasteiger partial charge on any atom is -0.361 e. The van der Waals surface area contributed by atoms with Crippen molar-refractivity contribution in [2.45, 2.75) is 12.5 Å². The molecule has 1 atom stereocenters. The van der Waals surface area contributed by atoms with Crippen molar-refractivity contribution in [1.82, 2.24) is 26.5 Å². The van der Waals surface area contributed by atoms with Gasteiger partial charge in [-0.25, -0.2) is 0 Å². The summed E-state index contributed by atoms with van der Waals surface area (Å²) in [6.07, 6.45) is 3.82. The third-order valence-electron chi connectivity index (χ3n) is 4.17. The summed E-state index contributed by atoms with van der Waals surface area (Å²) in [4.78, 5) is 29.0. The molecular weight excluding hydrogens is 406 g/mol. The Kier molecular flexibility index (Phi) is 6.99. The summed E-state index contributed by atoms with van der Waals surface area (Å²) in [5, 5.41) is 8.75. The molecule has 1 unspecified atom stereocenters. The molecule has 0 fully saturated rings. The number of para-hydroxylation sites is 1. The Balaban J connectivity index is 1.73. The Morgan fingerprint density at radius 1 is 1.21 bits per heavy atom. The number of thiophene rings is 1. The van der Waals surface area contributed by atoms with Crippen molar-refractivity contribution in [1.29, 1.82) is 0 Å². The number of amides is 2. The monoisotopic (exact) mass is 427 g/mol. The van der Waals surface area contributed by atoms with Crippen molar-refractivity contribution in [2.24, 2.45) is 0 Å². The molecule has 2 heterocycles. The Labute approximate surface area is 177 Å². The van der Waals surface area contributed by atoms with Crippen molar-refractivity contribution < 1.29 is 9.59 Å². The molecule has 0 aliphatic heterocycles. The highest BCUT2D eigenvalue weighted by molar-refractivity contribution is 7.80. The fourth-order valence-corrected chi connectivity index (χ4v) is 3.54. The first-order chi connectivity index (χ1) is 14.1. The molecule has 9 heteroatoms. The van der Waals surface area contributed by atoms with Gasteiger partial charge in [0, 0.05) is 30.1 Å². The Bertz CT molecular complexity index is 1010. The molecule has 0 saturated carbocycles. The van der Waals surface area contributed by atoms with Gasteiger partial charge >= 0.3 is 0 Å². The Hall–Kier alpha value is -3.17. The van der Waals surface area contributed by atoms with Gasteiger partial charge in [-0.3, -0.25) is 20.4 Å². The smallest absolute Gasteiger partial charge is 0.262 e. The van der Waals surface area contributed by atoms with Gasteiger partial charge in [-0.2, -0.15) is 0 Å². The van der Waals surface area contributed by atoms with Gasteiger partial charge in [0.15, 0.2) is 5.11 Å². The third kappa shape index (κ3) is 5.43. The molecule has 150 valence electrons. The summed E-state index contributed by atoms with van der Waals surface area (Å²) < 4.78 is 0. The molecule has 3 aromatic rings. The highest BCUT2D eigenvalue weighted by Gasteiger charge is 2.23. The number of hydrazine groups is 1. The molecule has 0 radical (unpaired) electrons. The van der Waals surface area contributed by atoms with Crippen molar-refractivity contribution in [3.05, 3.63) is 71.1 Å². The minimum atomic E-state index is -0.793. The number of fused-ring (bicyclic) bond motifs is 1. The van der Waals surface area contributed by atoms with E-state index in [1.807, 2.05) is 35.8 Å². The van der Waals surface area contributed by atoms with Crippen LogP contribution in [0, 0.1) is 0 Å². The normalized spacial score (nSPS) is 11.4. The lowest BCUT2D eigenvalue weighted by Gasteiger charge is -2.19. The maximum atomic E-state index is 12.8. The molecule has 0 spiro atoms. The van der Waals surface area contributed by atoms with Crippen molar-refractivity contribution in [3.63, 3.8) is 0 Å². The van der Waals surface area contributed by atoms with E-state index in [-0.39, 0.29) is 11.0 Å². The summed E-state index contributed by atoms with van der Waals surface area (Å²) >= 11 is 6.40. The summed E-state index contributed by atoms with van der Waals surface area (Å²) in [7, 11) is 0. The average Bonchev–Trinajstić information content (AvgIpc) is 3.40. The first-order valence-corrected chi connectivity index (χ1v) is 10.2. The molecule has 7 nitrogen and oxygen atoms in total. The lowest BCUT2D eigenvalue weighted by Crippen LogP contribution is -2.54. The van der Waals surface area contributed by atoms with Gasteiger partial charge in [0.1, 0.15) is 6.04 Å². The van der Waals surface area contributed by atoms with Gasteiger partial charge in [-0.15, -0.1) is 17.9 Å². The number of hydrogen-bond acceptors (Lipinski definition) is 4. The van der Waals surface area contributed by atoms with Crippen LogP contribution in [0.25, 0.3) is 10.9 Å². The summed E-state index contributed by atoms with van der Waals surface area (Å²) in [6, 6.07) is 10.5. The van der Waals surface area contributed by atoms with Crippen LogP contribution < -0.4 is 21.5 Å². The van der Waals surface area contributed by atoms with E-state index in [0.29, 0.717) is 17.8 Å². The zero-order valence-electron chi connectivity index (χ0n) is 15.5. The highest BCUT2D eigenvalue weighted by atomic mass is 32.1. The number of aromatic nitrogens is 1. The van der Waals surface area contributed by atoms with Gasteiger partial charge in [0.25, 0.3) is 11.8 Å². The van der Waals surface area contributed by atoms with Crippen LogP contribution in [-0.2, 0) is 11.2 Å². The van der Waals surface area contributed by atoms with E-state index in [1.165, 1.54) is 11.3 Å². The van der Waals surface area contributed by atoms with Gasteiger partial charge in [0.05, 0.1) is 4.88 Å². The van der Waals surface area contributed by atoms with E-state index in [1.54, 1.807) is 18.2 Å². The average molecular weight is 428 g/mol. The molecule has 0 aliphatic rings. The second-order valence-corrected chi connectivity index (χ2v) is 7.54. The van der Waals surface area contributed by atoms with E-state index in [4.69, 9.17) is 12.2 Å². The predicted octanol–water partition coefficient (Wildman–Crippen LogP) is 2.25. The van der Waals surface area contributed by atoms with Crippen LogP contribution in [-0.4, -0.2) is 34.5 Å². The number of hydrogen-bond donors (Lipinski definition) is 5. The number of rotatable bonds is 7. The molecule has 1 aromatic carbocycles. The van der Waals surface area contributed by atoms with E-state index in [0.717, 1.165) is 16.5 Å². The maximum absolute atomic E-state index is 12.8. The topological polar surface area (TPSA) is 98.0 Å². The van der Waals surface area contributed by atoms with Crippen LogP contribution in [0.3, 0.4) is 0 Å². The summed E-state index contributed by atoms with van der Waals surface area (Å²) in [5.41, 5.74) is 7.09. The molecule has 3 rings (SSSR count). The summed E-state index contributed by atoms with van der Waals surface area (Å²) in [5.74, 6) is -0.699. The molecular formula is C20H21N5O2S2. The maximum Gasteiger partial charge on any atom is 0.262 e. The minimum absolute atomic E-state index is 0.258. The van der Waals surface area contributed by atoms with Crippen molar-refractivity contribution >= 4 is 51.4 Å². The quantitative estimate of drug-likeness (QED) is 0.226. The molecule has 2 aromatic heterocycles. The molecule has 0 saturated heterocycles. The second-order valence-electron chi connectivity index (χ2n) is 6.18. The number of aromatic amines is 1. The van der Waals surface area contributed by atoms with Crippen LogP contribution in [0.5, 0.6) is 0 Å². The van der Waals surface area contributed by atoms with E-state index >= 15 is 0 Å². The van der Waals surface area contributed by atoms with Crippen LogP contribution in [0.2, 0.25) is 0 Å². The first-order valence-electron chi connectivity index (χ1n) is 8.92.